The highest BCUT2D eigenvalue weighted by atomic mass is 16.2. The fourth-order valence-electron chi connectivity index (χ4n) is 3.31. The minimum atomic E-state index is -0.613. The summed E-state index contributed by atoms with van der Waals surface area (Å²) in [7, 11) is 0. The molecule has 4 heteroatoms. The summed E-state index contributed by atoms with van der Waals surface area (Å²) in [5.74, 6) is -0.893. The van der Waals surface area contributed by atoms with Crippen LogP contribution in [0.4, 0.5) is 11.4 Å². The van der Waals surface area contributed by atoms with Gasteiger partial charge in [0, 0.05) is 0 Å². The first kappa shape index (κ1) is 18.2. The van der Waals surface area contributed by atoms with E-state index in [9.17, 15) is 9.59 Å². The Morgan fingerprint density at radius 3 is 1.58 bits per heavy atom. The van der Waals surface area contributed by atoms with Gasteiger partial charge in [0.1, 0.15) is 5.92 Å². The molecule has 0 spiro atoms. The highest BCUT2D eigenvalue weighted by Gasteiger charge is 2.46. The fourth-order valence-corrected chi connectivity index (χ4v) is 3.31. The van der Waals surface area contributed by atoms with Gasteiger partial charge in [-0.25, -0.2) is 10.0 Å². The summed E-state index contributed by atoms with van der Waals surface area (Å²) >= 11 is 0. The number of nitrogens with zero attached hydrogens (tertiary/aromatic N) is 2. The molecule has 4 nitrogen and oxygen atoms in total. The second-order valence-corrected chi connectivity index (χ2v) is 7.98. The maximum absolute atomic E-state index is 13.1. The molecule has 0 N–H and O–H groups in total. The minimum Gasteiger partial charge on any atom is -0.272 e. The minimum absolute atomic E-state index is 0.140. The predicted octanol–water partition coefficient (Wildman–Crippen LogP) is 4.81. The van der Waals surface area contributed by atoms with Gasteiger partial charge in [-0.05, 0) is 42.5 Å². The molecule has 0 bridgehead atoms. The summed E-state index contributed by atoms with van der Waals surface area (Å²) in [5, 5.41) is 3.05. The van der Waals surface area contributed by atoms with Crippen LogP contribution in [-0.2, 0) is 9.59 Å². The SMILES string of the molecule is CC(C)(C)CCCC1C(=O)N(c2ccccc2)N(c2ccccc2)C1=O. The van der Waals surface area contributed by atoms with Crippen molar-refractivity contribution >= 4 is 23.2 Å². The first-order valence-corrected chi connectivity index (χ1v) is 9.16. The summed E-state index contributed by atoms with van der Waals surface area (Å²) in [6.45, 7) is 6.54. The molecule has 0 saturated carbocycles. The number of rotatable bonds is 5. The van der Waals surface area contributed by atoms with Crippen LogP contribution in [-0.4, -0.2) is 11.8 Å². The van der Waals surface area contributed by atoms with Crippen LogP contribution in [0.3, 0.4) is 0 Å². The molecule has 2 aromatic carbocycles. The second kappa shape index (κ2) is 7.32. The lowest BCUT2D eigenvalue weighted by atomic mass is 9.87. The number of carbonyl (C=O) groups is 2. The number of benzene rings is 2. The zero-order valence-corrected chi connectivity index (χ0v) is 15.7. The highest BCUT2D eigenvalue weighted by Crippen LogP contribution is 2.34. The van der Waals surface area contributed by atoms with Crippen LogP contribution in [0.15, 0.2) is 60.7 Å². The third-order valence-corrected chi connectivity index (χ3v) is 4.63. The Morgan fingerprint density at radius 1 is 0.769 bits per heavy atom. The van der Waals surface area contributed by atoms with Crippen LogP contribution < -0.4 is 10.0 Å². The van der Waals surface area contributed by atoms with E-state index in [1.54, 1.807) is 0 Å². The molecule has 2 amide bonds. The zero-order chi connectivity index (χ0) is 18.7. The lowest BCUT2D eigenvalue weighted by Crippen LogP contribution is -2.41. The number of para-hydroxylation sites is 2. The van der Waals surface area contributed by atoms with Crippen molar-refractivity contribution in [2.24, 2.45) is 11.3 Å². The van der Waals surface area contributed by atoms with Gasteiger partial charge < -0.3 is 0 Å². The molecule has 1 aliphatic rings. The van der Waals surface area contributed by atoms with Crippen LogP contribution >= 0.6 is 0 Å². The van der Waals surface area contributed by atoms with Crippen molar-refractivity contribution in [1.82, 2.24) is 0 Å². The lowest BCUT2D eigenvalue weighted by Gasteiger charge is -2.27. The smallest absolute Gasteiger partial charge is 0.258 e. The van der Waals surface area contributed by atoms with E-state index >= 15 is 0 Å². The van der Waals surface area contributed by atoms with E-state index in [-0.39, 0.29) is 17.2 Å². The monoisotopic (exact) mass is 350 g/mol. The maximum atomic E-state index is 13.1. The molecule has 2 aromatic rings. The molecule has 136 valence electrons. The lowest BCUT2D eigenvalue weighted by molar-refractivity contribution is -0.127. The fraction of sp³-hybridized carbons (Fsp3) is 0.364. The quantitative estimate of drug-likeness (QED) is 0.726. The summed E-state index contributed by atoms with van der Waals surface area (Å²) in [6, 6.07) is 18.8. The largest absolute Gasteiger partial charge is 0.272 e. The standard InChI is InChI=1S/C22H26N2O2/c1-22(2,3)16-10-15-19-20(25)23(17-11-6-4-7-12-17)24(21(19)26)18-13-8-5-9-14-18/h4-9,11-14,19H,10,15-16H2,1-3H3. The van der Waals surface area contributed by atoms with E-state index in [4.69, 9.17) is 0 Å². The van der Waals surface area contributed by atoms with E-state index in [2.05, 4.69) is 20.8 Å². The van der Waals surface area contributed by atoms with E-state index in [0.717, 1.165) is 12.8 Å². The van der Waals surface area contributed by atoms with Gasteiger partial charge in [0.15, 0.2) is 0 Å². The third kappa shape index (κ3) is 3.79. The number of hydrogen-bond acceptors (Lipinski definition) is 2. The Morgan fingerprint density at radius 2 is 1.19 bits per heavy atom. The number of hydrazine groups is 1. The van der Waals surface area contributed by atoms with Crippen molar-refractivity contribution in [3.05, 3.63) is 60.7 Å². The van der Waals surface area contributed by atoms with Crippen molar-refractivity contribution in [2.45, 2.75) is 40.0 Å². The van der Waals surface area contributed by atoms with Gasteiger partial charge in [-0.15, -0.1) is 0 Å². The Bertz CT molecular complexity index is 708. The first-order chi connectivity index (χ1) is 12.4. The molecule has 1 saturated heterocycles. The van der Waals surface area contributed by atoms with E-state index in [0.29, 0.717) is 17.8 Å². The van der Waals surface area contributed by atoms with Gasteiger partial charge >= 0.3 is 0 Å². The molecule has 3 rings (SSSR count). The summed E-state index contributed by atoms with van der Waals surface area (Å²) in [5.41, 5.74) is 1.63. The Balaban J connectivity index is 1.90. The topological polar surface area (TPSA) is 40.6 Å². The van der Waals surface area contributed by atoms with E-state index < -0.39 is 5.92 Å². The molecular weight excluding hydrogens is 324 g/mol. The van der Waals surface area contributed by atoms with Gasteiger partial charge in [0.25, 0.3) is 11.8 Å². The van der Waals surface area contributed by atoms with Gasteiger partial charge in [0.05, 0.1) is 11.4 Å². The van der Waals surface area contributed by atoms with Crippen molar-refractivity contribution in [3.63, 3.8) is 0 Å². The molecule has 1 aliphatic heterocycles. The average Bonchev–Trinajstić information content (AvgIpc) is 2.87. The second-order valence-electron chi connectivity index (χ2n) is 7.98. The third-order valence-electron chi connectivity index (χ3n) is 4.63. The summed E-state index contributed by atoms with van der Waals surface area (Å²) in [4.78, 5) is 26.2. The molecule has 0 unspecified atom stereocenters. The molecule has 0 aromatic heterocycles. The van der Waals surface area contributed by atoms with Crippen molar-refractivity contribution in [3.8, 4) is 0 Å². The molecule has 0 aliphatic carbocycles. The Hall–Kier alpha value is -2.62. The zero-order valence-electron chi connectivity index (χ0n) is 15.7. The van der Waals surface area contributed by atoms with E-state index in [1.807, 2.05) is 60.7 Å². The highest BCUT2D eigenvalue weighted by molar-refractivity contribution is 6.22. The van der Waals surface area contributed by atoms with Crippen molar-refractivity contribution < 1.29 is 9.59 Å². The molecule has 1 fully saturated rings. The van der Waals surface area contributed by atoms with Crippen LogP contribution in [0.2, 0.25) is 0 Å². The number of carbonyl (C=O) groups excluding carboxylic acids is 2. The summed E-state index contributed by atoms with van der Waals surface area (Å²) in [6.07, 6.45) is 2.43. The number of anilines is 2. The number of amides is 2. The number of hydrogen-bond donors (Lipinski definition) is 0. The van der Waals surface area contributed by atoms with Gasteiger partial charge in [-0.1, -0.05) is 63.6 Å². The molecule has 0 atom stereocenters. The van der Waals surface area contributed by atoms with Crippen LogP contribution in [0.25, 0.3) is 0 Å². The molecule has 1 heterocycles. The van der Waals surface area contributed by atoms with Gasteiger partial charge in [-0.3, -0.25) is 9.59 Å². The molecule has 26 heavy (non-hydrogen) atoms. The summed E-state index contributed by atoms with van der Waals surface area (Å²) < 4.78 is 0. The van der Waals surface area contributed by atoms with Crippen LogP contribution in [0, 0.1) is 11.3 Å². The normalized spacial score (nSPS) is 15.8. The molecule has 0 radical (unpaired) electrons. The first-order valence-electron chi connectivity index (χ1n) is 9.16. The van der Waals surface area contributed by atoms with Crippen molar-refractivity contribution in [2.75, 3.05) is 10.0 Å². The van der Waals surface area contributed by atoms with Crippen molar-refractivity contribution in [1.29, 1.82) is 0 Å². The van der Waals surface area contributed by atoms with Gasteiger partial charge in [0.2, 0.25) is 0 Å². The predicted molar refractivity (Wildman–Crippen MR) is 105 cm³/mol. The Labute approximate surface area is 155 Å². The van der Waals surface area contributed by atoms with Gasteiger partial charge in [-0.2, -0.15) is 0 Å². The average molecular weight is 350 g/mol. The Kier molecular flexibility index (Phi) is 5.12. The van der Waals surface area contributed by atoms with E-state index in [1.165, 1.54) is 10.0 Å². The molecular formula is C22H26N2O2. The van der Waals surface area contributed by atoms with Crippen LogP contribution in [0.5, 0.6) is 0 Å². The van der Waals surface area contributed by atoms with Crippen LogP contribution in [0.1, 0.15) is 40.0 Å². The maximum Gasteiger partial charge on any atom is 0.258 e.